The zero-order valence-corrected chi connectivity index (χ0v) is 18.1. The Balaban J connectivity index is 1.67. The second kappa shape index (κ2) is 8.28. The first-order valence-corrected chi connectivity index (χ1v) is 10.0. The SMILES string of the molecule is COc1ccc(NC(=O)Cn2c(C)c3cnn(-c4ccccc4)c(=O)c3c2C)cc1Cl. The largest absolute Gasteiger partial charge is 0.495 e. The van der Waals surface area contributed by atoms with Crippen LogP contribution in [0.5, 0.6) is 5.75 Å². The molecule has 1 amide bonds. The Labute approximate surface area is 183 Å². The van der Waals surface area contributed by atoms with E-state index in [1.165, 1.54) is 11.8 Å². The highest BCUT2D eigenvalue weighted by Crippen LogP contribution is 2.27. The van der Waals surface area contributed by atoms with Crippen molar-refractivity contribution in [3.8, 4) is 11.4 Å². The first kappa shape index (κ1) is 20.7. The number of hydrogen-bond donors (Lipinski definition) is 1. The van der Waals surface area contributed by atoms with Gasteiger partial charge in [-0.2, -0.15) is 9.78 Å². The zero-order chi connectivity index (χ0) is 22.1. The van der Waals surface area contributed by atoms with E-state index in [1.54, 1.807) is 24.4 Å². The Morgan fingerprint density at radius 3 is 2.55 bits per heavy atom. The molecule has 0 saturated carbocycles. The number of amides is 1. The van der Waals surface area contributed by atoms with Gasteiger partial charge in [-0.3, -0.25) is 9.59 Å². The predicted octanol–water partition coefficient (Wildman–Crippen LogP) is 4.10. The van der Waals surface area contributed by atoms with Crippen molar-refractivity contribution in [1.82, 2.24) is 14.3 Å². The van der Waals surface area contributed by atoms with Gasteiger partial charge in [0.2, 0.25) is 5.91 Å². The number of nitrogens with zero attached hydrogens (tertiary/aromatic N) is 3. The van der Waals surface area contributed by atoms with Gasteiger partial charge in [-0.15, -0.1) is 0 Å². The molecule has 0 bridgehead atoms. The third kappa shape index (κ3) is 3.80. The number of carbonyl (C=O) groups excluding carboxylic acids is 1. The Bertz CT molecular complexity index is 1340. The van der Waals surface area contributed by atoms with Crippen LogP contribution < -0.4 is 15.6 Å². The molecule has 2 aromatic heterocycles. The van der Waals surface area contributed by atoms with Gasteiger partial charge in [0.25, 0.3) is 5.56 Å². The lowest BCUT2D eigenvalue weighted by atomic mass is 10.2. The van der Waals surface area contributed by atoms with Gasteiger partial charge >= 0.3 is 0 Å². The molecule has 2 heterocycles. The Kier molecular flexibility index (Phi) is 5.52. The molecule has 0 fully saturated rings. The number of halogens is 1. The fourth-order valence-corrected chi connectivity index (χ4v) is 3.95. The fourth-order valence-electron chi connectivity index (χ4n) is 3.69. The van der Waals surface area contributed by atoms with Crippen LogP contribution in [0.3, 0.4) is 0 Å². The third-order valence-corrected chi connectivity index (χ3v) is 5.57. The molecule has 7 nitrogen and oxygen atoms in total. The predicted molar refractivity (Wildman–Crippen MR) is 121 cm³/mol. The van der Waals surface area contributed by atoms with Crippen molar-refractivity contribution in [2.75, 3.05) is 12.4 Å². The van der Waals surface area contributed by atoms with Crippen LogP contribution in [-0.4, -0.2) is 27.4 Å². The number of carbonyl (C=O) groups is 1. The Hall–Kier alpha value is -3.58. The lowest BCUT2D eigenvalue weighted by Gasteiger charge is -2.11. The monoisotopic (exact) mass is 436 g/mol. The zero-order valence-electron chi connectivity index (χ0n) is 17.3. The highest BCUT2D eigenvalue weighted by atomic mass is 35.5. The van der Waals surface area contributed by atoms with E-state index in [1.807, 2.05) is 48.7 Å². The molecule has 4 aromatic rings. The number of methoxy groups -OCH3 is 1. The topological polar surface area (TPSA) is 78.2 Å². The molecule has 0 radical (unpaired) electrons. The van der Waals surface area contributed by atoms with E-state index in [-0.39, 0.29) is 18.0 Å². The van der Waals surface area contributed by atoms with Crippen LogP contribution in [0.1, 0.15) is 11.4 Å². The van der Waals surface area contributed by atoms with Gasteiger partial charge in [0, 0.05) is 22.5 Å². The van der Waals surface area contributed by atoms with Gasteiger partial charge in [-0.1, -0.05) is 29.8 Å². The molecule has 0 saturated heterocycles. The van der Waals surface area contributed by atoms with Crippen molar-refractivity contribution < 1.29 is 9.53 Å². The minimum Gasteiger partial charge on any atom is -0.495 e. The van der Waals surface area contributed by atoms with Crippen LogP contribution in [0.2, 0.25) is 5.02 Å². The number of aromatic nitrogens is 3. The molecular weight excluding hydrogens is 416 g/mol. The highest BCUT2D eigenvalue weighted by Gasteiger charge is 2.18. The highest BCUT2D eigenvalue weighted by molar-refractivity contribution is 6.32. The summed E-state index contributed by atoms with van der Waals surface area (Å²) in [6.45, 7) is 3.77. The van der Waals surface area contributed by atoms with Gasteiger partial charge in [-0.05, 0) is 44.2 Å². The molecule has 1 N–H and O–H groups in total. The standard InChI is InChI=1S/C23H21ClN4O3/c1-14-18-12-25-28(17-7-5-4-6-8-17)23(30)22(18)15(2)27(14)13-21(29)26-16-9-10-20(31-3)19(24)11-16/h4-12H,13H2,1-3H3,(H,26,29). The summed E-state index contributed by atoms with van der Waals surface area (Å²) >= 11 is 6.13. The maximum absolute atomic E-state index is 13.2. The summed E-state index contributed by atoms with van der Waals surface area (Å²) in [5, 5.41) is 8.86. The van der Waals surface area contributed by atoms with E-state index in [4.69, 9.17) is 16.3 Å². The molecule has 31 heavy (non-hydrogen) atoms. The molecule has 0 spiro atoms. The summed E-state index contributed by atoms with van der Waals surface area (Å²) in [6, 6.07) is 14.3. The summed E-state index contributed by atoms with van der Waals surface area (Å²) in [5.74, 6) is 0.300. The quantitative estimate of drug-likeness (QED) is 0.510. The van der Waals surface area contributed by atoms with Gasteiger partial charge < -0.3 is 14.6 Å². The first-order valence-electron chi connectivity index (χ1n) is 9.67. The van der Waals surface area contributed by atoms with Crippen LogP contribution in [-0.2, 0) is 11.3 Å². The molecule has 2 aromatic carbocycles. The number of anilines is 1. The van der Waals surface area contributed by atoms with E-state index in [0.717, 1.165) is 11.1 Å². The van der Waals surface area contributed by atoms with Crippen LogP contribution in [0, 0.1) is 13.8 Å². The van der Waals surface area contributed by atoms with Crippen LogP contribution in [0.25, 0.3) is 16.5 Å². The number of rotatable bonds is 5. The molecule has 0 aliphatic heterocycles. The third-order valence-electron chi connectivity index (χ3n) is 5.28. The van der Waals surface area contributed by atoms with Crippen molar-refractivity contribution in [1.29, 1.82) is 0 Å². The lowest BCUT2D eigenvalue weighted by molar-refractivity contribution is -0.116. The van der Waals surface area contributed by atoms with Crippen LogP contribution in [0.15, 0.2) is 59.5 Å². The summed E-state index contributed by atoms with van der Waals surface area (Å²) in [5.41, 5.74) is 2.56. The summed E-state index contributed by atoms with van der Waals surface area (Å²) in [6.07, 6.45) is 1.67. The Morgan fingerprint density at radius 2 is 1.87 bits per heavy atom. The molecule has 0 aliphatic rings. The molecule has 158 valence electrons. The summed E-state index contributed by atoms with van der Waals surface area (Å²) in [7, 11) is 1.53. The first-order chi connectivity index (χ1) is 14.9. The van der Waals surface area contributed by atoms with E-state index in [2.05, 4.69) is 10.4 Å². The minimum atomic E-state index is -0.232. The second-order valence-corrected chi connectivity index (χ2v) is 7.55. The molecule has 4 rings (SSSR count). The van der Waals surface area contributed by atoms with Crippen LogP contribution >= 0.6 is 11.6 Å². The number of benzene rings is 2. The number of aryl methyl sites for hydroxylation is 2. The van der Waals surface area contributed by atoms with Crippen molar-refractivity contribution >= 4 is 34.0 Å². The second-order valence-electron chi connectivity index (χ2n) is 7.14. The van der Waals surface area contributed by atoms with Crippen LogP contribution in [0.4, 0.5) is 5.69 Å². The van der Waals surface area contributed by atoms with Crippen molar-refractivity contribution in [2.24, 2.45) is 0 Å². The van der Waals surface area contributed by atoms with Gasteiger partial charge in [0.05, 0.1) is 29.4 Å². The summed E-state index contributed by atoms with van der Waals surface area (Å²) in [4.78, 5) is 25.8. The normalized spacial score (nSPS) is 11.0. The van der Waals surface area contributed by atoms with Gasteiger partial charge in [0.1, 0.15) is 12.3 Å². The van der Waals surface area contributed by atoms with Gasteiger partial charge in [0.15, 0.2) is 0 Å². The van der Waals surface area contributed by atoms with E-state index in [0.29, 0.717) is 33.2 Å². The maximum Gasteiger partial charge on any atom is 0.281 e. The average Bonchev–Trinajstić information content (AvgIpc) is 3.00. The van der Waals surface area contributed by atoms with E-state index < -0.39 is 0 Å². The number of ether oxygens (including phenoxy) is 1. The van der Waals surface area contributed by atoms with E-state index >= 15 is 0 Å². The van der Waals surface area contributed by atoms with E-state index in [9.17, 15) is 9.59 Å². The van der Waals surface area contributed by atoms with Crippen molar-refractivity contribution in [2.45, 2.75) is 20.4 Å². The summed E-state index contributed by atoms with van der Waals surface area (Å²) < 4.78 is 8.33. The Morgan fingerprint density at radius 1 is 1.13 bits per heavy atom. The fraction of sp³-hybridized carbons (Fsp3) is 0.174. The van der Waals surface area contributed by atoms with Crippen molar-refractivity contribution in [3.05, 3.63) is 81.5 Å². The minimum absolute atomic E-state index is 0.0563. The number of hydrogen-bond acceptors (Lipinski definition) is 4. The maximum atomic E-state index is 13.2. The lowest BCUT2D eigenvalue weighted by Crippen LogP contribution is -2.22. The smallest absolute Gasteiger partial charge is 0.281 e. The number of para-hydroxylation sites is 1. The molecular formula is C23H21ClN4O3. The average molecular weight is 437 g/mol. The number of fused-ring (bicyclic) bond motifs is 1. The van der Waals surface area contributed by atoms with Gasteiger partial charge in [-0.25, -0.2) is 0 Å². The molecule has 8 heteroatoms. The molecule has 0 unspecified atom stereocenters. The van der Waals surface area contributed by atoms with Crippen molar-refractivity contribution in [3.63, 3.8) is 0 Å². The molecule has 0 aliphatic carbocycles. The molecule has 0 atom stereocenters. The number of nitrogens with one attached hydrogen (secondary N) is 1.